The number of alkyl halides is 3. The maximum absolute atomic E-state index is 11.5. The van der Waals surface area contributed by atoms with E-state index in [-0.39, 0.29) is 12.1 Å². The van der Waals surface area contributed by atoms with Crippen LogP contribution in [0.3, 0.4) is 0 Å². The Kier molecular flexibility index (Phi) is 1.70. The van der Waals surface area contributed by atoms with Gasteiger partial charge < -0.3 is 4.98 Å². The maximum atomic E-state index is 11.5. The lowest BCUT2D eigenvalue weighted by atomic mass is 10.3. The first-order chi connectivity index (χ1) is 4.58. The summed E-state index contributed by atoms with van der Waals surface area (Å²) in [5.74, 6) is 0. The molecule has 0 aliphatic rings. The molecular formula is C6H5F3N. The van der Waals surface area contributed by atoms with Crippen LogP contribution in [-0.2, 0) is 0 Å². The highest BCUT2D eigenvalue weighted by Gasteiger charge is 2.28. The van der Waals surface area contributed by atoms with Gasteiger partial charge in [-0.15, -0.1) is 0 Å². The second-order valence-electron chi connectivity index (χ2n) is 1.81. The summed E-state index contributed by atoms with van der Waals surface area (Å²) in [6.45, 7) is 0. The highest BCUT2D eigenvalue weighted by Crippen LogP contribution is 2.21. The van der Waals surface area contributed by atoms with Gasteiger partial charge in [-0.25, -0.2) is 0 Å². The average molecular weight is 148 g/mol. The first kappa shape index (κ1) is 7.18. The summed E-state index contributed by atoms with van der Waals surface area (Å²) in [6, 6.07) is 2.87. The summed E-state index contributed by atoms with van der Waals surface area (Å²) >= 11 is 0. The normalized spacial score (nSPS) is 11.9. The van der Waals surface area contributed by atoms with Crippen molar-refractivity contribution in [3.63, 3.8) is 0 Å². The lowest BCUT2D eigenvalue weighted by Gasteiger charge is -2.01. The lowest BCUT2D eigenvalue weighted by molar-refractivity contribution is -0.0931. The largest absolute Gasteiger partial charge is 0.398 e. The Morgan fingerprint density at radius 3 is 2.50 bits per heavy atom. The third-order valence-corrected chi connectivity index (χ3v) is 0.941. The number of hydrogen-bond donors (Lipinski definition) is 1. The van der Waals surface area contributed by atoms with Crippen LogP contribution in [0.2, 0.25) is 0 Å². The molecule has 0 spiro atoms. The predicted molar refractivity (Wildman–Crippen MR) is 30.2 cm³/mol. The van der Waals surface area contributed by atoms with Crippen LogP contribution < -0.4 is 0 Å². The van der Waals surface area contributed by atoms with Crippen molar-refractivity contribution in [3.8, 4) is 0 Å². The van der Waals surface area contributed by atoms with Gasteiger partial charge in [0.05, 0.1) is 0 Å². The smallest absolute Gasteiger partial charge is 0.364 e. The number of H-pyrrole nitrogens is 1. The molecule has 0 atom stereocenters. The van der Waals surface area contributed by atoms with E-state index in [0.717, 1.165) is 0 Å². The van der Waals surface area contributed by atoms with Gasteiger partial charge in [0.2, 0.25) is 0 Å². The summed E-state index contributed by atoms with van der Waals surface area (Å²) in [5.41, 5.74) is 0.0764. The van der Waals surface area contributed by atoms with E-state index in [9.17, 15) is 13.2 Å². The molecule has 1 nitrogen and oxygen atoms in total. The molecule has 0 saturated carbocycles. The zero-order chi connectivity index (χ0) is 7.61. The third kappa shape index (κ3) is 2.13. The van der Waals surface area contributed by atoms with E-state index in [0.29, 0.717) is 0 Å². The van der Waals surface area contributed by atoms with Crippen molar-refractivity contribution in [2.75, 3.05) is 0 Å². The molecule has 0 fully saturated rings. The SMILES string of the molecule is FC(F)(F)[CH]c1ccc[nH]1. The Morgan fingerprint density at radius 2 is 2.10 bits per heavy atom. The molecule has 0 saturated heterocycles. The summed E-state index contributed by atoms with van der Waals surface area (Å²) in [4.78, 5) is 2.42. The zero-order valence-corrected chi connectivity index (χ0v) is 4.94. The van der Waals surface area contributed by atoms with Crippen LogP contribution in [0.5, 0.6) is 0 Å². The van der Waals surface area contributed by atoms with Crippen LogP contribution in [0.4, 0.5) is 13.2 Å². The molecule has 1 aromatic rings. The van der Waals surface area contributed by atoms with Crippen molar-refractivity contribution in [1.82, 2.24) is 4.98 Å². The molecule has 1 aromatic heterocycles. The van der Waals surface area contributed by atoms with Crippen molar-refractivity contribution in [1.29, 1.82) is 0 Å². The molecule has 1 rings (SSSR count). The first-order valence-electron chi connectivity index (χ1n) is 2.64. The first-order valence-corrected chi connectivity index (χ1v) is 2.64. The van der Waals surface area contributed by atoms with Crippen molar-refractivity contribution >= 4 is 0 Å². The van der Waals surface area contributed by atoms with E-state index in [1.54, 1.807) is 0 Å². The number of hydrogen-bond acceptors (Lipinski definition) is 0. The Bertz CT molecular complexity index is 187. The average Bonchev–Trinajstić information content (AvgIpc) is 2.12. The number of aromatic amines is 1. The highest BCUT2D eigenvalue weighted by molar-refractivity contribution is 5.15. The van der Waals surface area contributed by atoms with Crippen molar-refractivity contribution < 1.29 is 13.2 Å². The molecule has 1 heterocycles. The topological polar surface area (TPSA) is 15.8 Å². The fraction of sp³-hybridized carbons (Fsp3) is 0.167. The molecule has 0 aliphatic carbocycles. The minimum Gasteiger partial charge on any atom is -0.364 e. The molecule has 0 aromatic carbocycles. The fourth-order valence-electron chi connectivity index (χ4n) is 0.610. The predicted octanol–water partition coefficient (Wildman–Crippen LogP) is 2.13. The molecule has 55 valence electrons. The van der Waals surface area contributed by atoms with E-state index >= 15 is 0 Å². The van der Waals surface area contributed by atoms with Gasteiger partial charge in [0.1, 0.15) is 6.42 Å². The van der Waals surface area contributed by atoms with Crippen LogP contribution in [0, 0.1) is 6.42 Å². The summed E-state index contributed by atoms with van der Waals surface area (Å²) in [7, 11) is 0. The summed E-state index contributed by atoms with van der Waals surface area (Å²) in [5, 5.41) is 0. The molecule has 0 unspecified atom stereocenters. The van der Waals surface area contributed by atoms with E-state index in [1.165, 1.54) is 18.3 Å². The Balaban J connectivity index is 2.57. The van der Waals surface area contributed by atoms with Crippen LogP contribution >= 0.6 is 0 Å². The Morgan fingerprint density at radius 1 is 1.40 bits per heavy atom. The molecule has 4 heteroatoms. The molecular weight excluding hydrogens is 143 g/mol. The van der Waals surface area contributed by atoms with Gasteiger partial charge in [-0.05, 0) is 12.1 Å². The van der Waals surface area contributed by atoms with Gasteiger partial charge in [0.25, 0.3) is 0 Å². The number of aromatic nitrogens is 1. The molecule has 0 aliphatic heterocycles. The molecule has 1 radical (unpaired) electrons. The lowest BCUT2D eigenvalue weighted by Crippen LogP contribution is -2.08. The minimum atomic E-state index is -4.23. The van der Waals surface area contributed by atoms with Gasteiger partial charge >= 0.3 is 6.18 Å². The van der Waals surface area contributed by atoms with Gasteiger partial charge in [-0.3, -0.25) is 0 Å². The van der Waals surface area contributed by atoms with E-state index in [1.807, 2.05) is 0 Å². The quantitative estimate of drug-likeness (QED) is 0.627. The molecule has 1 N–H and O–H groups in total. The monoisotopic (exact) mass is 148 g/mol. The van der Waals surface area contributed by atoms with Crippen LogP contribution in [-0.4, -0.2) is 11.2 Å². The maximum Gasteiger partial charge on any atom is 0.398 e. The van der Waals surface area contributed by atoms with Gasteiger partial charge in [-0.1, -0.05) is 0 Å². The fourth-order valence-corrected chi connectivity index (χ4v) is 0.610. The second-order valence-corrected chi connectivity index (χ2v) is 1.81. The van der Waals surface area contributed by atoms with E-state index < -0.39 is 6.18 Å². The van der Waals surface area contributed by atoms with Gasteiger partial charge in [0.15, 0.2) is 0 Å². The summed E-state index contributed by atoms with van der Waals surface area (Å²) in [6.07, 6.45) is -2.57. The van der Waals surface area contributed by atoms with Crippen LogP contribution in [0.1, 0.15) is 5.69 Å². The number of nitrogens with one attached hydrogen (secondary N) is 1. The second kappa shape index (κ2) is 2.36. The Labute approximate surface area is 55.9 Å². The standard InChI is InChI=1S/C6H5F3N/c7-6(8,9)4-5-2-1-3-10-5/h1-4,10H. The van der Waals surface area contributed by atoms with Crippen molar-refractivity contribution in [3.05, 3.63) is 30.4 Å². The summed E-state index contributed by atoms with van der Waals surface area (Å²) < 4.78 is 34.6. The van der Waals surface area contributed by atoms with E-state index in [2.05, 4.69) is 4.98 Å². The Hall–Kier alpha value is -0.930. The number of halogens is 3. The van der Waals surface area contributed by atoms with Gasteiger partial charge in [-0.2, -0.15) is 13.2 Å². The number of rotatable bonds is 1. The molecule has 0 bridgehead atoms. The van der Waals surface area contributed by atoms with Crippen LogP contribution in [0.25, 0.3) is 0 Å². The van der Waals surface area contributed by atoms with Gasteiger partial charge in [0, 0.05) is 11.9 Å². The van der Waals surface area contributed by atoms with Crippen molar-refractivity contribution in [2.45, 2.75) is 6.18 Å². The van der Waals surface area contributed by atoms with Crippen molar-refractivity contribution in [2.24, 2.45) is 0 Å². The van der Waals surface area contributed by atoms with E-state index in [4.69, 9.17) is 0 Å². The molecule has 0 amide bonds. The molecule has 10 heavy (non-hydrogen) atoms. The highest BCUT2D eigenvalue weighted by atomic mass is 19.4. The van der Waals surface area contributed by atoms with Crippen LogP contribution in [0.15, 0.2) is 18.3 Å². The zero-order valence-electron chi connectivity index (χ0n) is 4.94. The minimum absolute atomic E-state index is 0.0764. The third-order valence-electron chi connectivity index (χ3n) is 0.941.